The van der Waals surface area contributed by atoms with Crippen LogP contribution in [-0.2, 0) is 6.54 Å². The van der Waals surface area contributed by atoms with E-state index in [0.717, 1.165) is 17.7 Å². The smallest absolute Gasteiger partial charge is 0.127 e. The zero-order valence-electron chi connectivity index (χ0n) is 12.5. The maximum absolute atomic E-state index is 10.1. The number of nitrogens with zero attached hydrogens (tertiary/aromatic N) is 2. The second-order valence-corrected chi connectivity index (χ2v) is 5.14. The molecule has 0 aromatic heterocycles. The number of rotatable bonds is 5. The average molecular weight is 280 g/mol. The van der Waals surface area contributed by atoms with Gasteiger partial charge in [-0.2, -0.15) is 5.26 Å². The van der Waals surface area contributed by atoms with E-state index in [1.807, 2.05) is 56.3 Å². The Morgan fingerprint density at radius 1 is 1.19 bits per heavy atom. The lowest BCUT2D eigenvalue weighted by molar-refractivity contribution is 0.236. The van der Waals surface area contributed by atoms with Gasteiger partial charge in [-0.1, -0.05) is 48.9 Å². The molecule has 0 aliphatic carbocycles. The predicted octanol–water partition coefficient (Wildman–Crippen LogP) is 3.79. The summed E-state index contributed by atoms with van der Waals surface area (Å²) in [4.78, 5) is 2.06. The van der Waals surface area contributed by atoms with E-state index < -0.39 is 6.04 Å². The summed E-state index contributed by atoms with van der Waals surface area (Å²) in [6.45, 7) is 5.41. The molecular formula is C18H20N2O. The zero-order valence-corrected chi connectivity index (χ0v) is 12.5. The summed E-state index contributed by atoms with van der Waals surface area (Å²) in [5.41, 5.74) is 2.88. The number of hydrogen-bond acceptors (Lipinski definition) is 3. The van der Waals surface area contributed by atoms with Crippen LogP contribution in [0.2, 0.25) is 0 Å². The van der Waals surface area contributed by atoms with Crippen LogP contribution in [0.25, 0.3) is 0 Å². The number of benzene rings is 2. The Kier molecular flexibility index (Phi) is 4.97. The molecule has 0 saturated heterocycles. The standard InChI is InChI=1S/C18H20N2O/c1-3-20(13-15-7-5-4-6-8-15)17(12-19)16-11-14(2)9-10-18(16)21/h4-11,17,21H,3,13H2,1-2H3. The normalized spacial score (nSPS) is 12.1. The van der Waals surface area contributed by atoms with E-state index in [4.69, 9.17) is 0 Å². The first-order valence-electron chi connectivity index (χ1n) is 7.12. The lowest BCUT2D eigenvalue weighted by Crippen LogP contribution is -2.27. The molecule has 0 bridgehead atoms. The number of phenolic OH excluding ortho intramolecular Hbond substituents is 1. The Bertz CT molecular complexity index is 631. The van der Waals surface area contributed by atoms with Gasteiger partial charge in [-0.3, -0.25) is 4.90 Å². The van der Waals surface area contributed by atoms with Crippen molar-refractivity contribution in [3.63, 3.8) is 0 Å². The number of phenols is 1. The molecule has 2 rings (SSSR count). The second kappa shape index (κ2) is 6.92. The van der Waals surface area contributed by atoms with Crippen LogP contribution in [0, 0.1) is 18.3 Å². The minimum atomic E-state index is -0.449. The van der Waals surface area contributed by atoms with Crippen LogP contribution in [0.1, 0.15) is 29.7 Å². The van der Waals surface area contributed by atoms with E-state index in [9.17, 15) is 10.4 Å². The maximum atomic E-state index is 10.1. The first-order chi connectivity index (χ1) is 10.2. The second-order valence-electron chi connectivity index (χ2n) is 5.14. The fourth-order valence-corrected chi connectivity index (χ4v) is 2.44. The van der Waals surface area contributed by atoms with Crippen molar-refractivity contribution in [1.82, 2.24) is 4.90 Å². The zero-order chi connectivity index (χ0) is 15.2. The van der Waals surface area contributed by atoms with Gasteiger partial charge in [0.05, 0.1) is 6.07 Å². The van der Waals surface area contributed by atoms with Crippen molar-refractivity contribution < 1.29 is 5.11 Å². The summed E-state index contributed by atoms with van der Waals surface area (Å²) in [7, 11) is 0. The first kappa shape index (κ1) is 15.1. The van der Waals surface area contributed by atoms with E-state index >= 15 is 0 Å². The third-order valence-corrected chi connectivity index (χ3v) is 3.60. The van der Waals surface area contributed by atoms with E-state index in [2.05, 4.69) is 11.0 Å². The van der Waals surface area contributed by atoms with E-state index in [1.54, 1.807) is 6.07 Å². The van der Waals surface area contributed by atoms with Crippen molar-refractivity contribution in [3.05, 3.63) is 65.2 Å². The molecule has 1 atom stereocenters. The van der Waals surface area contributed by atoms with Gasteiger partial charge in [0.25, 0.3) is 0 Å². The molecule has 0 aliphatic rings. The number of aromatic hydroxyl groups is 1. The highest BCUT2D eigenvalue weighted by atomic mass is 16.3. The molecule has 0 fully saturated rings. The first-order valence-corrected chi connectivity index (χ1v) is 7.12. The van der Waals surface area contributed by atoms with Crippen LogP contribution in [0.3, 0.4) is 0 Å². The van der Waals surface area contributed by atoms with Gasteiger partial charge in [-0.25, -0.2) is 0 Å². The minimum absolute atomic E-state index is 0.179. The Morgan fingerprint density at radius 2 is 1.90 bits per heavy atom. The van der Waals surface area contributed by atoms with Crippen molar-refractivity contribution in [3.8, 4) is 11.8 Å². The molecule has 0 saturated carbocycles. The van der Waals surface area contributed by atoms with Gasteiger partial charge in [0.1, 0.15) is 11.8 Å². The van der Waals surface area contributed by atoms with Gasteiger partial charge < -0.3 is 5.11 Å². The minimum Gasteiger partial charge on any atom is -0.508 e. The molecule has 0 heterocycles. The van der Waals surface area contributed by atoms with Crippen LogP contribution >= 0.6 is 0 Å². The summed E-state index contributed by atoms with van der Waals surface area (Å²) in [6.07, 6.45) is 0. The predicted molar refractivity (Wildman–Crippen MR) is 83.7 cm³/mol. The SMILES string of the molecule is CCN(Cc1ccccc1)C(C#N)c1cc(C)ccc1O. The third kappa shape index (κ3) is 3.62. The molecule has 0 amide bonds. The van der Waals surface area contributed by atoms with Gasteiger partial charge in [0.15, 0.2) is 0 Å². The molecule has 108 valence electrons. The molecule has 21 heavy (non-hydrogen) atoms. The van der Waals surface area contributed by atoms with E-state index in [0.29, 0.717) is 12.1 Å². The topological polar surface area (TPSA) is 47.3 Å². The molecule has 3 nitrogen and oxygen atoms in total. The Labute approximate surface area is 126 Å². The van der Waals surface area contributed by atoms with Crippen molar-refractivity contribution >= 4 is 0 Å². The fourth-order valence-electron chi connectivity index (χ4n) is 2.44. The third-order valence-electron chi connectivity index (χ3n) is 3.60. The Balaban J connectivity index is 2.30. The van der Waals surface area contributed by atoms with Crippen molar-refractivity contribution in [2.24, 2.45) is 0 Å². The molecule has 1 N–H and O–H groups in total. The quantitative estimate of drug-likeness (QED) is 0.906. The molecule has 3 heteroatoms. The van der Waals surface area contributed by atoms with Crippen LogP contribution in [0.5, 0.6) is 5.75 Å². The largest absolute Gasteiger partial charge is 0.508 e. The lowest BCUT2D eigenvalue weighted by atomic mass is 10.0. The summed E-state index contributed by atoms with van der Waals surface area (Å²) in [6, 6.07) is 17.3. The van der Waals surface area contributed by atoms with Gasteiger partial charge in [0.2, 0.25) is 0 Å². The summed E-state index contributed by atoms with van der Waals surface area (Å²) < 4.78 is 0. The number of nitriles is 1. The van der Waals surface area contributed by atoms with Crippen LogP contribution in [0.15, 0.2) is 48.5 Å². The fraction of sp³-hybridized carbons (Fsp3) is 0.278. The van der Waals surface area contributed by atoms with E-state index in [1.165, 1.54) is 0 Å². The van der Waals surface area contributed by atoms with Gasteiger partial charge >= 0.3 is 0 Å². The van der Waals surface area contributed by atoms with Crippen LogP contribution in [-0.4, -0.2) is 16.6 Å². The highest BCUT2D eigenvalue weighted by molar-refractivity contribution is 5.40. The highest BCUT2D eigenvalue weighted by Gasteiger charge is 2.22. The monoisotopic (exact) mass is 280 g/mol. The summed E-state index contributed by atoms with van der Waals surface area (Å²) >= 11 is 0. The molecule has 1 unspecified atom stereocenters. The molecule has 2 aromatic rings. The van der Waals surface area contributed by atoms with Crippen molar-refractivity contribution in [2.45, 2.75) is 26.4 Å². The molecule has 0 spiro atoms. The molecule has 2 aromatic carbocycles. The highest BCUT2D eigenvalue weighted by Crippen LogP contribution is 2.30. The average Bonchev–Trinajstić information content (AvgIpc) is 2.51. The van der Waals surface area contributed by atoms with Gasteiger partial charge in [-0.15, -0.1) is 0 Å². The van der Waals surface area contributed by atoms with Gasteiger partial charge in [0, 0.05) is 12.1 Å². The molecular weight excluding hydrogens is 260 g/mol. The van der Waals surface area contributed by atoms with Crippen LogP contribution in [0.4, 0.5) is 0 Å². The van der Waals surface area contributed by atoms with E-state index in [-0.39, 0.29) is 5.75 Å². The summed E-state index contributed by atoms with van der Waals surface area (Å²) in [5.74, 6) is 0.179. The number of hydrogen-bond donors (Lipinski definition) is 1. The van der Waals surface area contributed by atoms with Crippen LogP contribution < -0.4 is 0 Å². The number of aryl methyl sites for hydroxylation is 1. The van der Waals surface area contributed by atoms with Crippen molar-refractivity contribution in [2.75, 3.05) is 6.54 Å². The van der Waals surface area contributed by atoms with Crippen molar-refractivity contribution in [1.29, 1.82) is 5.26 Å². The Hall–Kier alpha value is -2.31. The lowest BCUT2D eigenvalue weighted by Gasteiger charge is -2.26. The molecule has 0 aliphatic heterocycles. The summed E-state index contributed by atoms with van der Waals surface area (Å²) in [5, 5.41) is 19.6. The van der Waals surface area contributed by atoms with Gasteiger partial charge in [-0.05, 0) is 31.2 Å². The maximum Gasteiger partial charge on any atom is 0.127 e. The molecule has 0 radical (unpaired) electrons. The Morgan fingerprint density at radius 3 is 2.52 bits per heavy atom.